The van der Waals surface area contributed by atoms with E-state index in [-0.39, 0.29) is 77.5 Å². The van der Waals surface area contributed by atoms with Crippen LogP contribution in [0.15, 0.2) is 182 Å². The summed E-state index contributed by atoms with van der Waals surface area (Å²) in [6.07, 6.45) is 10.0. The molecule has 0 bridgehead atoms. The van der Waals surface area contributed by atoms with E-state index >= 15 is 0 Å². The quantitative estimate of drug-likeness (QED) is 0.0227. The molecule has 12 aromatic carbocycles. The molecule has 0 spiro atoms. The molecule has 4 aliphatic heterocycles. The summed E-state index contributed by atoms with van der Waals surface area (Å²) < 4.78 is 0. The van der Waals surface area contributed by atoms with Gasteiger partial charge in [0.25, 0.3) is 58.6 Å². The molecule has 25 nitrogen and oxygen atoms in total. The van der Waals surface area contributed by atoms with Gasteiger partial charge in [0.05, 0.1) is 42.9 Å². The molecule has 0 saturated heterocycles. The zero-order valence-corrected chi connectivity index (χ0v) is 64.5. The van der Waals surface area contributed by atoms with E-state index in [9.17, 15) is 58.6 Å². The Balaban J connectivity index is 0.000000134. The van der Waals surface area contributed by atoms with Gasteiger partial charge in [-0.05, 0) is 187 Å². The van der Waals surface area contributed by atoms with Crippen LogP contribution in [0, 0.1) is 20.2 Å². The van der Waals surface area contributed by atoms with Crippen molar-refractivity contribution in [2.45, 2.75) is 32.6 Å². The van der Waals surface area contributed by atoms with Gasteiger partial charge in [-0.25, -0.2) is 0 Å². The van der Waals surface area contributed by atoms with Crippen LogP contribution in [0.5, 0.6) is 0 Å². The highest BCUT2D eigenvalue weighted by Gasteiger charge is 2.40. The minimum absolute atomic E-state index is 0.0550. The molecule has 578 valence electrons. The number of non-ortho nitro benzene ring substituents is 2. The topological polar surface area (TPSA) is 321 Å². The van der Waals surface area contributed by atoms with Crippen molar-refractivity contribution in [3.05, 3.63) is 247 Å². The predicted molar refractivity (Wildman–Crippen MR) is 444 cm³/mol. The van der Waals surface area contributed by atoms with Crippen LogP contribution in [0.2, 0.25) is 0 Å². The molecule has 1 aliphatic carbocycles. The SMILES string of the molecule is C1=CCCCC1.CCO.CN(C)CCN1C(=O)c2cccc3cc4c(N)cccc4c(c23)C1=O.CN(C)CCN1C(=O)c2cccc3cc4c([N+](=O)[O-])cccc4c(c23)C1=O.CN(C)CCN1C(=O)c2cccc3cc4cccc(N)c4c(c23)C1=O.CN(C)CCN1C(=O)c2cccc3cc4cccc([N+](=O)[O-])c4c(c23)C1=O. The van der Waals surface area contributed by atoms with Gasteiger partial charge in [0.1, 0.15) is 0 Å². The molecule has 5 aliphatic rings. The number of hydrogen-bond acceptors (Lipinski definition) is 19. The minimum Gasteiger partial charge on any atom is -0.398 e. The van der Waals surface area contributed by atoms with Gasteiger partial charge in [0.2, 0.25) is 0 Å². The number of nitro groups is 2. The Bertz CT molecular complexity index is 5950. The second-order valence-corrected chi connectivity index (χ2v) is 29.1. The molecule has 0 aromatic heterocycles. The number of benzene rings is 12. The van der Waals surface area contributed by atoms with Crippen LogP contribution < -0.4 is 11.5 Å². The summed E-state index contributed by atoms with van der Waals surface area (Å²) in [6.45, 7) is 5.40. The molecular weight excluding hydrogens is 1430 g/mol. The van der Waals surface area contributed by atoms with Crippen LogP contribution in [-0.4, -0.2) is 217 Å². The molecule has 113 heavy (non-hydrogen) atoms. The van der Waals surface area contributed by atoms with Crippen molar-refractivity contribution < 1.29 is 53.3 Å². The van der Waals surface area contributed by atoms with Crippen LogP contribution in [0.1, 0.15) is 115 Å². The van der Waals surface area contributed by atoms with E-state index in [4.69, 9.17) is 16.6 Å². The number of rotatable bonds is 14. The Kier molecular flexibility index (Phi) is 23.9. The number of hydrogen-bond donors (Lipinski definition) is 3. The lowest BCUT2D eigenvalue weighted by Crippen LogP contribution is -2.43. The number of carbonyl (C=O) groups is 8. The number of aliphatic hydroxyl groups is 1. The number of amides is 8. The molecule has 17 rings (SSSR count). The fourth-order valence-electron chi connectivity index (χ4n) is 15.0. The first-order valence-corrected chi connectivity index (χ1v) is 37.2. The zero-order valence-electron chi connectivity index (χ0n) is 64.5. The number of fused-ring (bicyclic) bond motifs is 8. The average Bonchev–Trinajstić information content (AvgIpc) is 0.743. The Morgan fingerprint density at radius 3 is 1.00 bits per heavy atom. The summed E-state index contributed by atoms with van der Waals surface area (Å²) in [6, 6.07) is 49.7. The summed E-state index contributed by atoms with van der Waals surface area (Å²) in [5, 5.41) is 41.3. The van der Waals surface area contributed by atoms with Gasteiger partial charge in [0.15, 0.2) is 0 Å². The van der Waals surface area contributed by atoms with Gasteiger partial charge >= 0.3 is 0 Å². The van der Waals surface area contributed by atoms with Crippen molar-refractivity contribution in [3.63, 3.8) is 0 Å². The molecule has 12 aromatic rings. The van der Waals surface area contributed by atoms with E-state index in [1.807, 2.05) is 149 Å². The van der Waals surface area contributed by atoms with E-state index in [1.165, 1.54) is 57.4 Å². The average molecular weight is 1520 g/mol. The third kappa shape index (κ3) is 15.6. The molecule has 0 saturated carbocycles. The van der Waals surface area contributed by atoms with Crippen LogP contribution in [0.25, 0.3) is 86.2 Å². The van der Waals surface area contributed by atoms with Crippen molar-refractivity contribution in [2.75, 3.05) is 127 Å². The van der Waals surface area contributed by atoms with Gasteiger partial charge in [-0.15, -0.1) is 0 Å². The molecule has 0 atom stereocenters. The fourth-order valence-corrected chi connectivity index (χ4v) is 15.0. The molecule has 4 heterocycles. The predicted octanol–water partition coefficient (Wildman–Crippen LogP) is 13.7. The molecule has 5 N–H and O–H groups in total. The molecule has 25 heteroatoms. The third-order valence-electron chi connectivity index (χ3n) is 20.4. The lowest BCUT2D eigenvalue weighted by molar-refractivity contribution is -0.383. The van der Waals surface area contributed by atoms with Gasteiger partial charge in [-0.2, -0.15) is 0 Å². The van der Waals surface area contributed by atoms with Crippen molar-refractivity contribution in [2.24, 2.45) is 0 Å². The molecule has 0 fully saturated rings. The maximum atomic E-state index is 13.3. The summed E-state index contributed by atoms with van der Waals surface area (Å²) in [7, 11) is 15.1. The molecular formula is C88H88N12O13. The number of nitro benzene ring substituents is 2. The summed E-state index contributed by atoms with van der Waals surface area (Å²) >= 11 is 0. The third-order valence-corrected chi connectivity index (χ3v) is 20.4. The van der Waals surface area contributed by atoms with Crippen molar-refractivity contribution in [1.29, 1.82) is 0 Å². The highest BCUT2D eigenvalue weighted by Crippen LogP contribution is 2.44. The highest BCUT2D eigenvalue weighted by molar-refractivity contribution is 6.35. The zero-order chi connectivity index (χ0) is 81.0. The minimum atomic E-state index is -0.485. The first-order chi connectivity index (χ1) is 54.2. The smallest absolute Gasteiger partial charge is 0.278 e. The Hall–Kier alpha value is -12.8. The molecule has 0 radical (unpaired) electrons. The van der Waals surface area contributed by atoms with E-state index in [1.54, 1.807) is 91.9 Å². The number of imide groups is 4. The van der Waals surface area contributed by atoms with Gasteiger partial charge in [0, 0.05) is 142 Å². The Labute approximate surface area is 651 Å². The van der Waals surface area contributed by atoms with Crippen LogP contribution in [-0.2, 0) is 0 Å². The van der Waals surface area contributed by atoms with Crippen molar-refractivity contribution in [3.8, 4) is 0 Å². The maximum absolute atomic E-state index is 13.3. The number of carbonyl (C=O) groups excluding carboxylic acids is 8. The number of nitrogen functional groups attached to an aromatic ring is 2. The first kappa shape index (κ1) is 79.8. The van der Waals surface area contributed by atoms with Crippen molar-refractivity contribution >= 4 is 156 Å². The highest BCUT2D eigenvalue weighted by atomic mass is 16.6. The number of nitrogens with two attached hydrogens (primary N) is 2. The van der Waals surface area contributed by atoms with Gasteiger partial charge < -0.3 is 36.2 Å². The Morgan fingerprint density at radius 2 is 0.628 bits per heavy atom. The van der Waals surface area contributed by atoms with Crippen LogP contribution >= 0.6 is 0 Å². The van der Waals surface area contributed by atoms with Gasteiger partial charge in [-0.3, -0.25) is 78.2 Å². The van der Waals surface area contributed by atoms with Crippen LogP contribution in [0.4, 0.5) is 22.7 Å². The van der Waals surface area contributed by atoms with Crippen LogP contribution in [0.3, 0.4) is 0 Å². The summed E-state index contributed by atoms with van der Waals surface area (Å²) in [4.78, 5) is 139. The number of nitrogens with zero attached hydrogens (tertiary/aromatic N) is 10. The fraction of sp³-hybridized carbons (Fsp3) is 0.250. The number of likely N-dealkylation sites (N-methyl/N-ethyl adjacent to an activating group) is 4. The summed E-state index contributed by atoms with van der Waals surface area (Å²) in [5.74, 6) is -2.55. The van der Waals surface area contributed by atoms with E-state index in [0.717, 1.165) is 43.1 Å². The molecule has 0 unspecified atom stereocenters. The largest absolute Gasteiger partial charge is 0.398 e. The van der Waals surface area contributed by atoms with E-state index in [0.29, 0.717) is 127 Å². The maximum Gasteiger partial charge on any atom is 0.278 e. The number of allylic oxidation sites excluding steroid dienone is 2. The van der Waals surface area contributed by atoms with Gasteiger partial charge in [-0.1, -0.05) is 109 Å². The number of aliphatic hydroxyl groups excluding tert-OH is 1. The molecule has 8 amide bonds. The lowest BCUT2D eigenvalue weighted by atomic mass is 9.89. The normalized spacial score (nSPS) is 14.1. The second kappa shape index (κ2) is 33.8. The first-order valence-electron chi connectivity index (χ1n) is 37.2. The monoisotopic (exact) mass is 1520 g/mol. The summed E-state index contributed by atoms with van der Waals surface area (Å²) in [5.41, 5.74) is 17.1. The second-order valence-electron chi connectivity index (χ2n) is 29.1. The van der Waals surface area contributed by atoms with E-state index in [2.05, 4.69) is 12.2 Å². The standard InChI is InChI=1S/2C20H17N3O4.2C20H19N3O2.C6H10.C2H6O/c1-21(2)9-10-22-19(24)14-7-3-5-12-11-15-13(18(17(12)14)20(22)25)6-4-8-16(15)23(26)27;1-21(2)9-10-22-19(24)14-7-3-5-12-11-13-6-4-8-15(23(26)27)17(13)18(16(12)14)20(22)25;1-22(2)9-10-23-19(24)14-7-3-5-12-11-15-13(6-4-8-16(15)21)18(17(12)14)20(23)25;1-22(2)9-10-23-19(24)14-7-3-5-12-11-13-6-4-8-15(21)17(13)18(16(12)14)20(23)25;1-2-4-6-5-3-1;1-2-3/h2*3-8,11H,9-10H2,1-2H3;2*3-8,11H,9-10,21H2,1-2H3;1-2H,3-6H2;3H,2H2,1H3. The van der Waals surface area contributed by atoms with Crippen molar-refractivity contribution in [1.82, 2.24) is 39.2 Å². The number of anilines is 2. The van der Waals surface area contributed by atoms with E-state index < -0.39 is 21.7 Å². The lowest BCUT2D eigenvalue weighted by Gasteiger charge is -2.29. The Morgan fingerprint density at radius 1 is 0.345 bits per heavy atom.